The lowest BCUT2D eigenvalue weighted by molar-refractivity contribution is 0.490. The molecule has 1 N–H and O–H groups in total. The summed E-state index contributed by atoms with van der Waals surface area (Å²) in [5.74, 6) is 0.575. The zero-order valence-electron chi connectivity index (χ0n) is 10.2. The Bertz CT molecular complexity index is 296. The van der Waals surface area contributed by atoms with E-state index in [1.54, 1.807) is 0 Å². The molecule has 2 heteroatoms. The van der Waals surface area contributed by atoms with Crippen LogP contribution in [0.25, 0.3) is 0 Å². The van der Waals surface area contributed by atoms with E-state index >= 15 is 0 Å². The monoisotopic (exact) mass is 206 g/mol. The standard InChI is InChI=1S/C13H22N2/c1-5-15-12(4)7-11(3)13-6-10(2)8-14-9-13/h6,8-9,11-12,15H,5,7H2,1-4H3. The van der Waals surface area contributed by atoms with E-state index in [2.05, 4.69) is 44.1 Å². The first-order valence-corrected chi connectivity index (χ1v) is 5.78. The third-order valence-electron chi connectivity index (χ3n) is 2.72. The van der Waals surface area contributed by atoms with Gasteiger partial charge in [0.1, 0.15) is 0 Å². The minimum atomic E-state index is 0.575. The van der Waals surface area contributed by atoms with E-state index in [4.69, 9.17) is 0 Å². The molecule has 1 aromatic rings. The Hall–Kier alpha value is -0.890. The van der Waals surface area contributed by atoms with Gasteiger partial charge in [-0.1, -0.05) is 19.9 Å². The van der Waals surface area contributed by atoms with Crippen molar-refractivity contribution < 1.29 is 0 Å². The fourth-order valence-electron chi connectivity index (χ4n) is 1.95. The number of pyridine rings is 1. The summed E-state index contributed by atoms with van der Waals surface area (Å²) in [6.07, 6.45) is 5.05. The minimum absolute atomic E-state index is 0.575. The van der Waals surface area contributed by atoms with Crippen molar-refractivity contribution in [2.45, 2.75) is 46.1 Å². The van der Waals surface area contributed by atoms with Crippen molar-refractivity contribution in [3.05, 3.63) is 29.6 Å². The van der Waals surface area contributed by atoms with Gasteiger partial charge in [0.2, 0.25) is 0 Å². The van der Waals surface area contributed by atoms with Crippen molar-refractivity contribution >= 4 is 0 Å². The molecule has 1 rings (SSSR count). The van der Waals surface area contributed by atoms with Gasteiger partial charge in [-0.05, 0) is 43.9 Å². The van der Waals surface area contributed by atoms with Gasteiger partial charge in [0.05, 0.1) is 0 Å². The van der Waals surface area contributed by atoms with Crippen LogP contribution >= 0.6 is 0 Å². The molecule has 0 aliphatic rings. The van der Waals surface area contributed by atoms with Gasteiger partial charge in [0, 0.05) is 18.4 Å². The van der Waals surface area contributed by atoms with E-state index < -0.39 is 0 Å². The number of nitrogens with one attached hydrogen (secondary N) is 1. The Labute approximate surface area is 93.1 Å². The zero-order valence-corrected chi connectivity index (χ0v) is 10.2. The summed E-state index contributed by atoms with van der Waals surface area (Å²) < 4.78 is 0. The molecule has 2 atom stereocenters. The highest BCUT2D eigenvalue weighted by Crippen LogP contribution is 2.20. The Balaban J connectivity index is 2.56. The molecule has 2 nitrogen and oxygen atoms in total. The topological polar surface area (TPSA) is 24.9 Å². The number of aromatic nitrogens is 1. The first-order chi connectivity index (χ1) is 7.13. The van der Waals surface area contributed by atoms with Crippen molar-refractivity contribution in [1.29, 1.82) is 0 Å². The largest absolute Gasteiger partial charge is 0.315 e. The molecule has 2 unspecified atom stereocenters. The van der Waals surface area contributed by atoms with Crippen LogP contribution < -0.4 is 5.32 Å². The van der Waals surface area contributed by atoms with Crippen LogP contribution in [0.3, 0.4) is 0 Å². The number of hydrogen-bond donors (Lipinski definition) is 1. The first kappa shape index (κ1) is 12.2. The van der Waals surface area contributed by atoms with Gasteiger partial charge >= 0.3 is 0 Å². The highest BCUT2D eigenvalue weighted by atomic mass is 14.9. The molecule has 15 heavy (non-hydrogen) atoms. The number of aryl methyl sites for hydroxylation is 1. The van der Waals surface area contributed by atoms with Crippen LogP contribution in [-0.4, -0.2) is 17.6 Å². The van der Waals surface area contributed by atoms with Crippen molar-refractivity contribution in [3.63, 3.8) is 0 Å². The molecular weight excluding hydrogens is 184 g/mol. The molecular formula is C13H22N2. The van der Waals surface area contributed by atoms with Crippen LogP contribution in [0.15, 0.2) is 18.5 Å². The summed E-state index contributed by atoms with van der Waals surface area (Å²) in [5.41, 5.74) is 2.59. The van der Waals surface area contributed by atoms with E-state index in [1.807, 2.05) is 12.4 Å². The Morgan fingerprint density at radius 2 is 2.07 bits per heavy atom. The summed E-state index contributed by atoms with van der Waals surface area (Å²) in [7, 11) is 0. The van der Waals surface area contributed by atoms with Gasteiger partial charge in [0.15, 0.2) is 0 Å². The second kappa shape index (κ2) is 5.86. The predicted molar refractivity (Wildman–Crippen MR) is 65.1 cm³/mol. The molecule has 84 valence electrons. The normalized spacial score (nSPS) is 14.9. The third-order valence-corrected chi connectivity index (χ3v) is 2.72. The van der Waals surface area contributed by atoms with Crippen molar-refractivity contribution in [2.75, 3.05) is 6.54 Å². The fourth-order valence-corrected chi connectivity index (χ4v) is 1.95. The number of hydrogen-bond acceptors (Lipinski definition) is 2. The molecule has 0 aliphatic heterocycles. The van der Waals surface area contributed by atoms with Crippen molar-refractivity contribution in [1.82, 2.24) is 10.3 Å². The van der Waals surface area contributed by atoms with Gasteiger partial charge < -0.3 is 5.32 Å². The molecule has 0 fully saturated rings. The molecule has 0 spiro atoms. The molecule has 0 radical (unpaired) electrons. The van der Waals surface area contributed by atoms with Crippen molar-refractivity contribution in [2.24, 2.45) is 0 Å². The SMILES string of the molecule is CCNC(C)CC(C)c1cncc(C)c1. The van der Waals surface area contributed by atoms with Gasteiger partial charge in [-0.15, -0.1) is 0 Å². The quantitative estimate of drug-likeness (QED) is 0.801. The molecule has 1 aromatic heterocycles. The van der Waals surface area contributed by atoms with E-state index in [0.717, 1.165) is 6.54 Å². The molecule has 1 heterocycles. The summed E-state index contributed by atoms with van der Waals surface area (Å²) in [4.78, 5) is 4.24. The molecule has 0 bridgehead atoms. The fraction of sp³-hybridized carbons (Fsp3) is 0.615. The summed E-state index contributed by atoms with van der Waals surface area (Å²) >= 11 is 0. The highest BCUT2D eigenvalue weighted by Gasteiger charge is 2.10. The van der Waals surface area contributed by atoms with Crippen LogP contribution in [0.1, 0.15) is 44.2 Å². The summed E-state index contributed by atoms with van der Waals surface area (Å²) in [6, 6.07) is 2.81. The molecule has 0 aromatic carbocycles. The maximum absolute atomic E-state index is 4.24. The molecule has 0 amide bonds. The maximum atomic E-state index is 4.24. The van der Waals surface area contributed by atoms with E-state index in [0.29, 0.717) is 12.0 Å². The lowest BCUT2D eigenvalue weighted by Gasteiger charge is -2.18. The lowest BCUT2D eigenvalue weighted by atomic mass is 9.95. The van der Waals surface area contributed by atoms with Gasteiger partial charge in [-0.25, -0.2) is 0 Å². The number of nitrogens with zero attached hydrogens (tertiary/aromatic N) is 1. The van der Waals surface area contributed by atoms with Crippen LogP contribution in [-0.2, 0) is 0 Å². The van der Waals surface area contributed by atoms with Crippen LogP contribution in [0.4, 0.5) is 0 Å². The molecule has 0 saturated heterocycles. The smallest absolute Gasteiger partial charge is 0.0302 e. The molecule has 0 aliphatic carbocycles. The number of rotatable bonds is 5. The van der Waals surface area contributed by atoms with Crippen LogP contribution in [0, 0.1) is 6.92 Å². The highest BCUT2D eigenvalue weighted by molar-refractivity contribution is 5.20. The third kappa shape index (κ3) is 4.00. The first-order valence-electron chi connectivity index (χ1n) is 5.78. The average Bonchev–Trinajstić information content (AvgIpc) is 2.18. The van der Waals surface area contributed by atoms with E-state index in [-0.39, 0.29) is 0 Å². The summed E-state index contributed by atoms with van der Waals surface area (Å²) in [5, 5.41) is 3.44. The van der Waals surface area contributed by atoms with Gasteiger partial charge in [-0.2, -0.15) is 0 Å². The van der Waals surface area contributed by atoms with Gasteiger partial charge in [0.25, 0.3) is 0 Å². The van der Waals surface area contributed by atoms with E-state index in [9.17, 15) is 0 Å². The molecule has 0 saturated carbocycles. The van der Waals surface area contributed by atoms with E-state index in [1.165, 1.54) is 17.5 Å². The second-order valence-electron chi connectivity index (χ2n) is 4.39. The van der Waals surface area contributed by atoms with Crippen LogP contribution in [0.5, 0.6) is 0 Å². The van der Waals surface area contributed by atoms with Crippen LogP contribution in [0.2, 0.25) is 0 Å². The zero-order chi connectivity index (χ0) is 11.3. The maximum Gasteiger partial charge on any atom is 0.0302 e. The predicted octanol–water partition coefficient (Wildman–Crippen LogP) is 2.88. The second-order valence-corrected chi connectivity index (χ2v) is 4.39. The Kier molecular flexibility index (Phi) is 4.76. The van der Waals surface area contributed by atoms with Gasteiger partial charge in [-0.3, -0.25) is 4.98 Å². The Morgan fingerprint density at radius 1 is 1.33 bits per heavy atom. The summed E-state index contributed by atoms with van der Waals surface area (Å²) in [6.45, 7) is 9.79. The average molecular weight is 206 g/mol. The lowest BCUT2D eigenvalue weighted by Crippen LogP contribution is -2.26. The minimum Gasteiger partial charge on any atom is -0.315 e. The Morgan fingerprint density at radius 3 is 2.67 bits per heavy atom. The van der Waals surface area contributed by atoms with Crippen molar-refractivity contribution in [3.8, 4) is 0 Å².